The van der Waals surface area contributed by atoms with Crippen LogP contribution in [0.5, 0.6) is 0 Å². The van der Waals surface area contributed by atoms with Crippen molar-refractivity contribution in [2.75, 3.05) is 0 Å². The first-order valence-corrected chi connectivity index (χ1v) is 13.0. The van der Waals surface area contributed by atoms with Crippen LogP contribution in [-0.4, -0.2) is 6.18 Å². The SMILES string of the molecule is CCCC1CCC(C=CC2CCc3c(cc(F)c(-c4cc(F)c(C=CC(F)(F)F)c(F)c4)c3F)C2)CC1. The number of hydrogen-bond acceptors (Lipinski definition) is 0. The summed E-state index contributed by atoms with van der Waals surface area (Å²) in [5.41, 5.74) is -1.02. The first-order chi connectivity index (χ1) is 17.6. The Labute approximate surface area is 213 Å². The van der Waals surface area contributed by atoms with Crippen molar-refractivity contribution in [2.45, 2.75) is 70.9 Å². The highest BCUT2D eigenvalue weighted by atomic mass is 19.4. The van der Waals surface area contributed by atoms with E-state index in [0.717, 1.165) is 5.92 Å². The Balaban J connectivity index is 1.51. The predicted molar refractivity (Wildman–Crippen MR) is 132 cm³/mol. The van der Waals surface area contributed by atoms with Crippen molar-refractivity contribution in [2.24, 2.45) is 17.8 Å². The molecule has 0 amide bonds. The van der Waals surface area contributed by atoms with Crippen LogP contribution in [0.4, 0.5) is 30.7 Å². The molecule has 0 radical (unpaired) electrons. The van der Waals surface area contributed by atoms with Gasteiger partial charge >= 0.3 is 6.18 Å². The lowest BCUT2D eigenvalue weighted by atomic mass is 9.78. The molecule has 0 nitrogen and oxygen atoms in total. The van der Waals surface area contributed by atoms with Gasteiger partial charge in [0.2, 0.25) is 0 Å². The summed E-state index contributed by atoms with van der Waals surface area (Å²) in [6.07, 6.45) is 8.53. The van der Waals surface area contributed by atoms with E-state index in [-0.39, 0.29) is 18.1 Å². The summed E-state index contributed by atoms with van der Waals surface area (Å²) < 4.78 is 96.4. The smallest absolute Gasteiger partial charge is 0.206 e. The number of benzene rings is 2. The molecule has 1 saturated carbocycles. The van der Waals surface area contributed by atoms with Gasteiger partial charge in [0, 0.05) is 11.6 Å². The fraction of sp³-hybridized carbons (Fsp3) is 0.467. The second-order valence-corrected chi connectivity index (χ2v) is 10.4. The Morgan fingerprint density at radius 1 is 0.838 bits per heavy atom. The van der Waals surface area contributed by atoms with Gasteiger partial charge in [-0.15, -0.1) is 0 Å². The first kappa shape index (κ1) is 27.5. The summed E-state index contributed by atoms with van der Waals surface area (Å²) >= 11 is 0. The number of alkyl halides is 3. The zero-order valence-corrected chi connectivity index (χ0v) is 20.8. The van der Waals surface area contributed by atoms with E-state index in [0.29, 0.717) is 48.4 Å². The van der Waals surface area contributed by atoms with Crippen LogP contribution in [0.15, 0.2) is 36.4 Å². The van der Waals surface area contributed by atoms with E-state index in [1.165, 1.54) is 44.6 Å². The van der Waals surface area contributed by atoms with E-state index in [9.17, 15) is 22.0 Å². The lowest BCUT2D eigenvalue weighted by molar-refractivity contribution is -0.0790. The molecule has 2 aliphatic rings. The zero-order valence-electron chi connectivity index (χ0n) is 20.8. The lowest BCUT2D eigenvalue weighted by Crippen LogP contribution is -2.17. The van der Waals surface area contributed by atoms with Crippen molar-refractivity contribution < 1.29 is 30.7 Å². The molecule has 1 fully saturated rings. The molecule has 2 aliphatic carbocycles. The molecular formula is C30H31F7. The molecule has 2 aromatic rings. The summed E-state index contributed by atoms with van der Waals surface area (Å²) in [6, 6.07) is 2.55. The van der Waals surface area contributed by atoms with Crippen molar-refractivity contribution in [3.8, 4) is 11.1 Å². The highest BCUT2D eigenvalue weighted by Gasteiger charge is 2.27. The first-order valence-electron chi connectivity index (χ1n) is 13.0. The van der Waals surface area contributed by atoms with Crippen molar-refractivity contribution in [1.29, 1.82) is 0 Å². The molecule has 7 heteroatoms. The molecule has 2 aromatic carbocycles. The van der Waals surface area contributed by atoms with Crippen LogP contribution in [0, 0.1) is 41.0 Å². The van der Waals surface area contributed by atoms with E-state index in [2.05, 4.69) is 19.1 Å². The average molecular weight is 525 g/mol. The summed E-state index contributed by atoms with van der Waals surface area (Å²) in [7, 11) is 0. The Hall–Kier alpha value is -2.57. The van der Waals surface area contributed by atoms with Gasteiger partial charge < -0.3 is 0 Å². The minimum atomic E-state index is -4.75. The fourth-order valence-electron chi connectivity index (χ4n) is 5.76. The van der Waals surface area contributed by atoms with Gasteiger partial charge in [-0.2, -0.15) is 13.2 Å². The number of rotatable bonds is 6. The number of halogens is 7. The van der Waals surface area contributed by atoms with E-state index < -0.39 is 46.1 Å². The Bertz CT molecular complexity index is 1140. The van der Waals surface area contributed by atoms with Crippen LogP contribution in [-0.2, 0) is 12.8 Å². The van der Waals surface area contributed by atoms with Crippen molar-refractivity contribution >= 4 is 6.08 Å². The quantitative estimate of drug-likeness (QED) is 0.261. The van der Waals surface area contributed by atoms with Crippen LogP contribution >= 0.6 is 0 Å². The third-order valence-electron chi connectivity index (χ3n) is 7.71. The third-order valence-corrected chi connectivity index (χ3v) is 7.71. The normalized spacial score (nSPS) is 22.6. The molecule has 0 spiro atoms. The van der Waals surface area contributed by atoms with Gasteiger partial charge in [0.1, 0.15) is 23.3 Å². The van der Waals surface area contributed by atoms with Crippen LogP contribution in [0.25, 0.3) is 17.2 Å². The molecule has 0 bridgehead atoms. The summed E-state index contributed by atoms with van der Waals surface area (Å²) in [5, 5.41) is 0. The standard InChI is InChI=1S/C30H31F7/c1-2-3-18-4-6-19(7-5-18)8-9-20-10-11-23-21(14-20)15-27(33)28(29(23)34)22-16-25(31)24(26(32)17-22)12-13-30(35,36)37/h8-9,12-13,15-20H,2-7,10-11,14H2,1H3. The summed E-state index contributed by atoms with van der Waals surface area (Å²) in [5.74, 6) is -2.95. The topological polar surface area (TPSA) is 0 Å². The van der Waals surface area contributed by atoms with Gasteiger partial charge in [-0.25, -0.2) is 17.6 Å². The van der Waals surface area contributed by atoms with Gasteiger partial charge in [0.25, 0.3) is 0 Å². The lowest BCUT2D eigenvalue weighted by Gasteiger charge is -2.28. The Kier molecular flexibility index (Phi) is 8.49. The van der Waals surface area contributed by atoms with Crippen molar-refractivity contribution in [3.05, 3.63) is 76.4 Å². The maximum absolute atomic E-state index is 15.4. The second kappa shape index (κ2) is 11.4. The molecule has 0 aromatic heterocycles. The molecule has 0 saturated heterocycles. The maximum atomic E-state index is 15.4. The molecule has 0 heterocycles. The highest BCUT2D eigenvalue weighted by molar-refractivity contribution is 5.69. The van der Waals surface area contributed by atoms with Crippen LogP contribution in [0.1, 0.15) is 68.6 Å². The van der Waals surface area contributed by atoms with Gasteiger partial charge in [-0.3, -0.25) is 0 Å². The van der Waals surface area contributed by atoms with Crippen LogP contribution < -0.4 is 0 Å². The van der Waals surface area contributed by atoms with E-state index in [4.69, 9.17) is 0 Å². The average Bonchev–Trinajstić information content (AvgIpc) is 2.82. The number of allylic oxidation sites excluding steroid dienone is 3. The minimum absolute atomic E-state index is 0.167. The van der Waals surface area contributed by atoms with Gasteiger partial charge in [-0.05, 0) is 104 Å². The largest absolute Gasteiger partial charge is 0.409 e. The molecule has 37 heavy (non-hydrogen) atoms. The molecule has 0 aliphatic heterocycles. The monoisotopic (exact) mass is 524 g/mol. The molecule has 1 atom stereocenters. The second-order valence-electron chi connectivity index (χ2n) is 10.4. The molecule has 1 unspecified atom stereocenters. The molecule has 200 valence electrons. The predicted octanol–water partition coefficient (Wildman–Crippen LogP) is 9.75. The highest BCUT2D eigenvalue weighted by Crippen LogP contribution is 2.38. The van der Waals surface area contributed by atoms with Gasteiger partial charge in [-0.1, -0.05) is 31.9 Å². The Morgan fingerprint density at radius 3 is 2.11 bits per heavy atom. The zero-order chi connectivity index (χ0) is 26.7. The van der Waals surface area contributed by atoms with Gasteiger partial charge in [0.15, 0.2) is 0 Å². The third kappa shape index (κ3) is 6.66. The summed E-state index contributed by atoms with van der Waals surface area (Å²) in [4.78, 5) is 0. The fourth-order valence-corrected chi connectivity index (χ4v) is 5.76. The van der Waals surface area contributed by atoms with E-state index in [1.807, 2.05) is 0 Å². The molecule has 0 N–H and O–H groups in total. The molecular weight excluding hydrogens is 493 g/mol. The number of fused-ring (bicyclic) bond motifs is 1. The maximum Gasteiger partial charge on any atom is 0.409 e. The van der Waals surface area contributed by atoms with Crippen molar-refractivity contribution in [3.63, 3.8) is 0 Å². The van der Waals surface area contributed by atoms with E-state index in [1.54, 1.807) is 0 Å². The van der Waals surface area contributed by atoms with Crippen LogP contribution in [0.3, 0.4) is 0 Å². The van der Waals surface area contributed by atoms with Gasteiger partial charge in [0.05, 0.1) is 5.56 Å². The summed E-state index contributed by atoms with van der Waals surface area (Å²) in [6.45, 7) is 2.22. The minimum Gasteiger partial charge on any atom is -0.206 e. The van der Waals surface area contributed by atoms with Crippen LogP contribution in [0.2, 0.25) is 0 Å². The van der Waals surface area contributed by atoms with Crippen molar-refractivity contribution in [1.82, 2.24) is 0 Å². The van der Waals surface area contributed by atoms with E-state index >= 15 is 8.78 Å². The number of hydrogen-bond donors (Lipinski definition) is 0. The molecule has 4 rings (SSSR count). The Morgan fingerprint density at radius 2 is 1.49 bits per heavy atom.